The molecule has 0 bridgehead atoms. The van der Waals surface area contributed by atoms with Crippen LogP contribution in [0.2, 0.25) is 0 Å². The molecule has 0 aliphatic rings. The number of nitrogens with zero attached hydrogens (tertiary/aromatic N) is 6. The van der Waals surface area contributed by atoms with Crippen LogP contribution in [0.15, 0.2) is 44.3 Å². The Labute approximate surface area is 166 Å². The summed E-state index contributed by atoms with van der Waals surface area (Å²) in [6.07, 6.45) is 0.0134. The van der Waals surface area contributed by atoms with E-state index in [1.54, 1.807) is 28.4 Å². The molecule has 13 heteroatoms. The number of rotatable bonds is 5. The SMILES string of the molecule is CS(=O)(Cc1cn2cc(-c3noc(C(F)(F)F)n3)ccc2n1)=NCc1cscn1. The molecular weight excluding hydrogens is 429 g/mol. The summed E-state index contributed by atoms with van der Waals surface area (Å²) in [6.45, 7) is 0.260. The summed E-state index contributed by atoms with van der Waals surface area (Å²) in [4.78, 5) is 11.9. The summed E-state index contributed by atoms with van der Waals surface area (Å²) in [5, 5.41) is 5.21. The van der Waals surface area contributed by atoms with Gasteiger partial charge >= 0.3 is 12.1 Å². The molecule has 0 aromatic carbocycles. The van der Waals surface area contributed by atoms with E-state index in [-0.39, 0.29) is 18.1 Å². The highest BCUT2D eigenvalue weighted by Crippen LogP contribution is 2.29. The Balaban J connectivity index is 1.58. The van der Waals surface area contributed by atoms with Gasteiger partial charge in [-0.1, -0.05) is 5.16 Å². The number of aromatic nitrogens is 5. The molecule has 0 aliphatic carbocycles. The van der Waals surface area contributed by atoms with Gasteiger partial charge in [-0.25, -0.2) is 18.5 Å². The molecule has 4 aromatic heterocycles. The van der Waals surface area contributed by atoms with Crippen molar-refractivity contribution >= 4 is 26.7 Å². The minimum absolute atomic E-state index is 0.134. The summed E-state index contributed by atoms with van der Waals surface area (Å²) in [5.41, 5.74) is 3.84. The van der Waals surface area contributed by atoms with Crippen molar-refractivity contribution in [1.29, 1.82) is 0 Å². The summed E-state index contributed by atoms with van der Waals surface area (Å²) in [6, 6.07) is 3.14. The highest BCUT2D eigenvalue weighted by Gasteiger charge is 2.38. The Morgan fingerprint density at radius 1 is 1.24 bits per heavy atom. The predicted molar refractivity (Wildman–Crippen MR) is 99.5 cm³/mol. The van der Waals surface area contributed by atoms with Crippen LogP contribution in [-0.4, -0.2) is 35.0 Å². The minimum atomic E-state index is -4.71. The third kappa shape index (κ3) is 4.45. The lowest BCUT2D eigenvalue weighted by Crippen LogP contribution is -2.04. The van der Waals surface area contributed by atoms with Crippen molar-refractivity contribution in [3.63, 3.8) is 0 Å². The smallest absolute Gasteiger partial charge is 0.329 e. The Morgan fingerprint density at radius 3 is 2.76 bits per heavy atom. The van der Waals surface area contributed by atoms with Gasteiger partial charge in [0, 0.05) is 39.3 Å². The lowest BCUT2D eigenvalue weighted by atomic mass is 10.3. The van der Waals surface area contributed by atoms with Crippen molar-refractivity contribution in [2.45, 2.75) is 18.5 Å². The van der Waals surface area contributed by atoms with Crippen molar-refractivity contribution in [3.8, 4) is 11.4 Å². The highest BCUT2D eigenvalue weighted by atomic mass is 32.2. The Bertz CT molecular complexity index is 1270. The van der Waals surface area contributed by atoms with Crippen LogP contribution in [-0.2, 0) is 28.2 Å². The van der Waals surface area contributed by atoms with Crippen LogP contribution in [0.1, 0.15) is 17.3 Å². The minimum Gasteiger partial charge on any atom is -0.329 e. The molecule has 29 heavy (non-hydrogen) atoms. The average Bonchev–Trinajstić information content (AvgIpc) is 3.38. The van der Waals surface area contributed by atoms with Crippen molar-refractivity contribution in [2.24, 2.45) is 4.36 Å². The van der Waals surface area contributed by atoms with Gasteiger partial charge in [-0.15, -0.1) is 11.3 Å². The maximum absolute atomic E-state index is 12.7. The second kappa shape index (κ2) is 7.22. The fourth-order valence-electron chi connectivity index (χ4n) is 2.54. The van der Waals surface area contributed by atoms with Crippen molar-refractivity contribution in [1.82, 2.24) is 24.5 Å². The summed E-state index contributed by atoms with van der Waals surface area (Å²) in [5.74, 6) is -1.47. The van der Waals surface area contributed by atoms with E-state index in [0.717, 1.165) is 5.69 Å². The number of halogens is 3. The molecule has 0 aliphatic heterocycles. The van der Waals surface area contributed by atoms with E-state index in [1.165, 1.54) is 23.6 Å². The lowest BCUT2D eigenvalue weighted by molar-refractivity contribution is -0.159. The summed E-state index contributed by atoms with van der Waals surface area (Å²) >= 11 is 1.44. The van der Waals surface area contributed by atoms with E-state index >= 15 is 0 Å². The molecule has 0 amide bonds. The molecule has 152 valence electrons. The van der Waals surface area contributed by atoms with Crippen molar-refractivity contribution in [3.05, 3.63) is 52.7 Å². The van der Waals surface area contributed by atoms with Crippen molar-refractivity contribution in [2.75, 3.05) is 6.26 Å². The fraction of sp³-hybridized carbons (Fsp3) is 0.250. The maximum Gasteiger partial charge on any atom is 0.471 e. The molecule has 8 nitrogen and oxygen atoms in total. The molecule has 4 heterocycles. The van der Waals surface area contributed by atoms with Gasteiger partial charge in [0.15, 0.2) is 0 Å². The van der Waals surface area contributed by atoms with E-state index in [9.17, 15) is 17.4 Å². The van der Waals surface area contributed by atoms with Crippen LogP contribution in [0.5, 0.6) is 0 Å². The number of thiazole rings is 1. The number of imidazole rings is 1. The zero-order chi connectivity index (χ0) is 20.6. The zero-order valence-corrected chi connectivity index (χ0v) is 16.5. The van der Waals surface area contributed by atoms with E-state index in [0.29, 0.717) is 16.9 Å². The standard InChI is InChI=1S/C16H13F3N6O2S2/c1-29(26,21-4-11-7-28-9-20-11)8-12-6-25-5-10(2-3-13(25)22-12)14-23-15(27-24-14)16(17,18)19/h2-3,5-7,9H,4,8H2,1H3. The first kappa shape index (κ1) is 19.5. The van der Waals surface area contributed by atoms with Crippen LogP contribution in [0.25, 0.3) is 17.0 Å². The van der Waals surface area contributed by atoms with Crippen LogP contribution in [0.3, 0.4) is 0 Å². The normalized spacial score (nSPS) is 14.2. The first-order chi connectivity index (χ1) is 13.7. The van der Waals surface area contributed by atoms with Gasteiger partial charge in [-0.3, -0.25) is 0 Å². The number of fused-ring (bicyclic) bond motifs is 1. The van der Waals surface area contributed by atoms with E-state index in [1.807, 2.05) is 5.38 Å². The fourth-order valence-corrected chi connectivity index (χ4v) is 4.27. The molecule has 1 atom stereocenters. The van der Waals surface area contributed by atoms with E-state index in [2.05, 4.69) is 29.0 Å². The molecule has 0 fully saturated rings. The van der Waals surface area contributed by atoms with Gasteiger partial charge in [-0.05, 0) is 12.1 Å². The number of hydrogen-bond donors (Lipinski definition) is 0. The molecule has 0 radical (unpaired) electrons. The van der Waals surface area contributed by atoms with Crippen LogP contribution in [0, 0.1) is 0 Å². The third-order valence-corrected chi connectivity index (χ3v) is 5.97. The Hall–Kier alpha value is -2.80. The second-order valence-electron chi connectivity index (χ2n) is 6.21. The first-order valence-electron chi connectivity index (χ1n) is 8.11. The highest BCUT2D eigenvalue weighted by molar-refractivity contribution is 7.92. The third-order valence-electron chi connectivity index (χ3n) is 3.83. The molecule has 1 unspecified atom stereocenters. The molecule has 0 spiro atoms. The van der Waals surface area contributed by atoms with Crippen LogP contribution >= 0.6 is 11.3 Å². The predicted octanol–water partition coefficient (Wildman–Crippen LogP) is 3.66. The molecule has 0 saturated heterocycles. The van der Waals surface area contributed by atoms with Gasteiger partial charge in [-0.2, -0.15) is 18.2 Å². The monoisotopic (exact) mass is 442 g/mol. The average molecular weight is 442 g/mol. The first-order valence-corrected chi connectivity index (χ1v) is 11.1. The van der Waals surface area contributed by atoms with Crippen LogP contribution in [0.4, 0.5) is 13.2 Å². The zero-order valence-electron chi connectivity index (χ0n) is 14.8. The van der Waals surface area contributed by atoms with Crippen molar-refractivity contribution < 1.29 is 21.9 Å². The van der Waals surface area contributed by atoms with Gasteiger partial charge in [0.2, 0.25) is 5.82 Å². The van der Waals surface area contributed by atoms with Crippen LogP contribution < -0.4 is 0 Å². The Kier molecular flexibility index (Phi) is 4.86. The summed E-state index contributed by atoms with van der Waals surface area (Å²) < 4.78 is 60.7. The molecule has 4 rings (SSSR count). The molecule has 4 aromatic rings. The maximum atomic E-state index is 12.7. The number of hydrogen-bond acceptors (Lipinski definition) is 8. The largest absolute Gasteiger partial charge is 0.471 e. The topological polar surface area (TPSA) is 98.5 Å². The quantitative estimate of drug-likeness (QED) is 0.468. The van der Waals surface area contributed by atoms with Gasteiger partial charge < -0.3 is 8.92 Å². The second-order valence-corrected chi connectivity index (χ2v) is 9.39. The van der Waals surface area contributed by atoms with Gasteiger partial charge in [0.1, 0.15) is 5.65 Å². The lowest BCUT2D eigenvalue weighted by Gasteiger charge is -2.00. The van der Waals surface area contributed by atoms with E-state index < -0.39 is 21.8 Å². The Morgan fingerprint density at radius 2 is 2.07 bits per heavy atom. The number of alkyl halides is 3. The molecular formula is C16H13F3N6O2S2. The number of pyridine rings is 1. The van der Waals surface area contributed by atoms with Gasteiger partial charge in [0.05, 0.1) is 29.2 Å². The molecule has 0 saturated carbocycles. The summed E-state index contributed by atoms with van der Waals surface area (Å²) in [7, 11) is -2.53. The van der Waals surface area contributed by atoms with E-state index in [4.69, 9.17) is 0 Å². The van der Waals surface area contributed by atoms with Gasteiger partial charge in [0.25, 0.3) is 0 Å². The molecule has 0 N–H and O–H groups in total.